The highest BCUT2D eigenvalue weighted by Crippen LogP contribution is 2.41. The summed E-state index contributed by atoms with van der Waals surface area (Å²) in [6, 6.07) is 10.2. The molecule has 2 aromatic carbocycles. The maximum atomic E-state index is 13.9. The number of fused-ring (bicyclic) bond motifs is 1. The number of carboxylic acid groups (broad SMARTS) is 1. The first kappa shape index (κ1) is 20.1. The molecule has 6 nitrogen and oxygen atoms in total. The van der Waals surface area contributed by atoms with Crippen LogP contribution in [0.2, 0.25) is 5.02 Å². The quantitative estimate of drug-likeness (QED) is 0.539. The molecule has 150 valence electrons. The molecule has 0 saturated carbocycles. The van der Waals surface area contributed by atoms with Gasteiger partial charge in [0.05, 0.1) is 12.2 Å². The van der Waals surface area contributed by atoms with E-state index in [9.17, 15) is 9.18 Å². The Balaban J connectivity index is 1.88. The largest absolute Gasteiger partial charge is 0.511 e. The van der Waals surface area contributed by atoms with Crippen molar-refractivity contribution in [2.75, 3.05) is 24.7 Å². The van der Waals surface area contributed by atoms with E-state index in [1.54, 1.807) is 24.3 Å². The monoisotopic (exact) mass is 409 g/mol. The van der Waals surface area contributed by atoms with Crippen molar-refractivity contribution in [3.05, 3.63) is 47.0 Å². The molecule has 0 bridgehead atoms. The fourth-order valence-electron chi connectivity index (χ4n) is 2.88. The molecule has 1 aliphatic rings. The Morgan fingerprint density at radius 2 is 2.11 bits per heavy atom. The van der Waals surface area contributed by atoms with Crippen molar-refractivity contribution < 1.29 is 28.5 Å². The van der Waals surface area contributed by atoms with E-state index >= 15 is 0 Å². The number of benzene rings is 2. The Kier molecular flexibility index (Phi) is 5.84. The van der Waals surface area contributed by atoms with E-state index in [4.69, 9.17) is 30.9 Å². The van der Waals surface area contributed by atoms with Crippen LogP contribution in [-0.4, -0.2) is 36.7 Å². The Morgan fingerprint density at radius 3 is 2.82 bits per heavy atom. The third kappa shape index (κ3) is 4.98. The van der Waals surface area contributed by atoms with Crippen molar-refractivity contribution in [1.29, 1.82) is 0 Å². The first-order chi connectivity index (χ1) is 13.2. The molecule has 0 spiro atoms. The van der Waals surface area contributed by atoms with E-state index in [1.807, 2.05) is 11.0 Å². The zero-order chi connectivity index (χ0) is 20.3. The van der Waals surface area contributed by atoms with E-state index in [2.05, 4.69) is 0 Å². The predicted octanol–water partition coefficient (Wildman–Crippen LogP) is 4.92. The average Bonchev–Trinajstić information content (AvgIpc) is 2.60. The summed E-state index contributed by atoms with van der Waals surface area (Å²) >= 11 is 6.15. The van der Waals surface area contributed by atoms with Gasteiger partial charge in [-0.1, -0.05) is 17.7 Å². The fraction of sp³-hybridized carbons (Fsp3) is 0.350. The van der Waals surface area contributed by atoms with Crippen LogP contribution in [0.1, 0.15) is 19.4 Å². The molecule has 8 heteroatoms. The fourth-order valence-corrected chi connectivity index (χ4v) is 3.08. The third-order valence-corrected chi connectivity index (χ3v) is 4.29. The number of anilines is 1. The second-order valence-electron chi connectivity index (χ2n) is 7.00. The van der Waals surface area contributed by atoms with E-state index in [0.29, 0.717) is 41.9 Å². The molecule has 1 aliphatic heterocycles. The number of rotatable bonds is 6. The van der Waals surface area contributed by atoms with Crippen LogP contribution in [0.25, 0.3) is 0 Å². The van der Waals surface area contributed by atoms with E-state index < -0.39 is 11.8 Å². The molecule has 0 atom stereocenters. The van der Waals surface area contributed by atoms with Gasteiger partial charge in [-0.2, -0.15) is 0 Å². The van der Waals surface area contributed by atoms with Gasteiger partial charge in [-0.3, -0.25) is 0 Å². The first-order valence-corrected chi connectivity index (χ1v) is 9.12. The summed E-state index contributed by atoms with van der Waals surface area (Å²) in [5.74, 6) is 1.04. The van der Waals surface area contributed by atoms with Crippen molar-refractivity contribution in [3.8, 4) is 17.2 Å². The maximum Gasteiger partial charge on any atom is 0.511 e. The minimum atomic E-state index is -1.47. The van der Waals surface area contributed by atoms with Crippen LogP contribution in [0.5, 0.6) is 17.2 Å². The molecule has 0 fully saturated rings. The summed E-state index contributed by atoms with van der Waals surface area (Å²) < 4.78 is 30.0. The van der Waals surface area contributed by atoms with Crippen molar-refractivity contribution in [1.82, 2.24) is 0 Å². The van der Waals surface area contributed by atoms with Crippen LogP contribution in [0.4, 0.5) is 14.9 Å². The van der Waals surface area contributed by atoms with E-state index in [-0.39, 0.29) is 12.4 Å². The summed E-state index contributed by atoms with van der Waals surface area (Å²) in [5.41, 5.74) is 0.0156. The van der Waals surface area contributed by atoms with Gasteiger partial charge in [0.25, 0.3) is 0 Å². The van der Waals surface area contributed by atoms with Gasteiger partial charge in [0, 0.05) is 17.1 Å². The van der Waals surface area contributed by atoms with Crippen LogP contribution < -0.4 is 19.1 Å². The lowest BCUT2D eigenvalue weighted by molar-refractivity contribution is 0.120. The van der Waals surface area contributed by atoms with Crippen LogP contribution in [0, 0.1) is 0 Å². The summed E-state index contributed by atoms with van der Waals surface area (Å²) in [5, 5.41) is 9.45. The second kappa shape index (κ2) is 8.14. The number of nitrogens with zero attached hydrogens (tertiary/aromatic N) is 1. The normalized spacial score (nSPS) is 13.5. The highest BCUT2D eigenvalue weighted by molar-refractivity contribution is 6.30. The number of carbonyl (C=O) groups is 1. The number of ether oxygens (including phenoxy) is 3. The average molecular weight is 410 g/mol. The van der Waals surface area contributed by atoms with E-state index in [1.165, 1.54) is 19.9 Å². The van der Waals surface area contributed by atoms with Gasteiger partial charge in [-0.25, -0.2) is 9.18 Å². The van der Waals surface area contributed by atoms with Crippen molar-refractivity contribution >= 4 is 23.4 Å². The van der Waals surface area contributed by atoms with Gasteiger partial charge in [0.15, 0.2) is 11.5 Å². The van der Waals surface area contributed by atoms with E-state index in [0.717, 1.165) is 5.56 Å². The molecule has 0 saturated heterocycles. The van der Waals surface area contributed by atoms with Gasteiger partial charge in [0.2, 0.25) is 0 Å². The molecule has 0 aromatic heterocycles. The smallest absolute Gasteiger partial charge is 0.490 e. The maximum absolute atomic E-state index is 13.9. The number of alkyl halides is 1. The number of hydrogen-bond acceptors (Lipinski definition) is 5. The molecule has 1 heterocycles. The lowest BCUT2D eigenvalue weighted by atomic mass is 10.1. The molecule has 0 radical (unpaired) electrons. The Bertz CT molecular complexity index is 868. The topological polar surface area (TPSA) is 68.2 Å². The molecular weight excluding hydrogens is 389 g/mol. The lowest BCUT2D eigenvalue weighted by Gasteiger charge is -2.32. The highest BCUT2D eigenvalue weighted by atomic mass is 35.5. The summed E-state index contributed by atoms with van der Waals surface area (Å²) in [6.45, 7) is 4.17. The molecule has 0 aliphatic carbocycles. The van der Waals surface area contributed by atoms with Crippen LogP contribution in [0.3, 0.4) is 0 Å². The van der Waals surface area contributed by atoms with Crippen molar-refractivity contribution in [3.63, 3.8) is 0 Å². The Labute approximate surface area is 167 Å². The molecule has 3 rings (SSSR count). The second-order valence-corrected chi connectivity index (χ2v) is 7.44. The number of hydrogen-bond donors (Lipinski definition) is 1. The molecule has 2 aromatic rings. The Hall–Kier alpha value is -2.67. The summed E-state index contributed by atoms with van der Waals surface area (Å²) in [4.78, 5) is 12.9. The van der Waals surface area contributed by atoms with Crippen LogP contribution >= 0.6 is 11.6 Å². The molecular formula is C20H21ClFNO5. The molecule has 1 N–H and O–H groups in total. The van der Waals surface area contributed by atoms with Crippen LogP contribution in [-0.2, 0) is 6.54 Å². The Morgan fingerprint density at radius 1 is 1.32 bits per heavy atom. The van der Waals surface area contributed by atoms with Gasteiger partial charge in [0.1, 0.15) is 24.6 Å². The molecule has 0 amide bonds. The van der Waals surface area contributed by atoms with Crippen LogP contribution in [0.15, 0.2) is 36.4 Å². The lowest BCUT2D eigenvalue weighted by Crippen LogP contribution is -2.32. The van der Waals surface area contributed by atoms with Crippen molar-refractivity contribution in [2.45, 2.75) is 26.1 Å². The SMILES string of the molecule is CC(C)(F)COc1ccc(Cl)cc1CN1CCOc2c(OC(=O)O)cccc21. The first-order valence-electron chi connectivity index (χ1n) is 8.74. The molecule has 28 heavy (non-hydrogen) atoms. The minimum absolute atomic E-state index is 0.0854. The summed E-state index contributed by atoms with van der Waals surface area (Å²) in [6.07, 6.45) is -1.41. The minimum Gasteiger partial charge on any atom is -0.490 e. The molecule has 0 unspecified atom stereocenters. The van der Waals surface area contributed by atoms with Gasteiger partial charge < -0.3 is 24.2 Å². The zero-order valence-electron chi connectivity index (χ0n) is 15.6. The van der Waals surface area contributed by atoms with Gasteiger partial charge >= 0.3 is 6.16 Å². The third-order valence-electron chi connectivity index (χ3n) is 4.06. The standard InChI is InChI=1S/C20H21ClFNO5/c1-20(2,22)12-27-16-7-6-14(21)10-13(16)11-23-8-9-26-18-15(23)4-3-5-17(18)28-19(24)25/h3-7,10H,8-9,11-12H2,1-2H3,(H,24,25). The summed E-state index contributed by atoms with van der Waals surface area (Å²) in [7, 11) is 0. The number of para-hydroxylation sites is 1. The van der Waals surface area contributed by atoms with Gasteiger partial charge in [-0.15, -0.1) is 0 Å². The number of halogens is 2. The zero-order valence-corrected chi connectivity index (χ0v) is 16.3. The van der Waals surface area contributed by atoms with Crippen molar-refractivity contribution in [2.24, 2.45) is 0 Å². The predicted molar refractivity (Wildman–Crippen MR) is 104 cm³/mol. The highest BCUT2D eigenvalue weighted by Gasteiger charge is 2.24. The van der Waals surface area contributed by atoms with Gasteiger partial charge in [-0.05, 0) is 44.2 Å².